The standard InChI is InChI=1S/C16H22N2O2/c1-2-8-15(19)17-14-10-5-4-9-13(14)16(20)18-11-6-3-7-12-18/h4-5,9-10H,2-3,6-8,11-12H2,1H3,(H,17,19). The normalized spacial score (nSPS) is 14.9. The van der Waals surface area contributed by atoms with E-state index in [1.807, 2.05) is 24.0 Å². The van der Waals surface area contributed by atoms with Crippen molar-refractivity contribution < 1.29 is 9.59 Å². The summed E-state index contributed by atoms with van der Waals surface area (Å²) in [6, 6.07) is 7.27. The van der Waals surface area contributed by atoms with Crippen molar-refractivity contribution in [3.05, 3.63) is 29.8 Å². The highest BCUT2D eigenvalue weighted by molar-refractivity contribution is 6.03. The monoisotopic (exact) mass is 274 g/mol. The molecular formula is C16H22N2O2. The number of hydrogen-bond acceptors (Lipinski definition) is 2. The molecule has 2 amide bonds. The van der Waals surface area contributed by atoms with E-state index in [1.54, 1.807) is 12.1 Å². The molecule has 0 saturated carbocycles. The summed E-state index contributed by atoms with van der Waals surface area (Å²) in [5.41, 5.74) is 1.22. The fraction of sp³-hybridized carbons (Fsp3) is 0.500. The van der Waals surface area contributed by atoms with Crippen LogP contribution in [-0.4, -0.2) is 29.8 Å². The van der Waals surface area contributed by atoms with Gasteiger partial charge in [-0.05, 0) is 37.8 Å². The third-order valence-electron chi connectivity index (χ3n) is 3.55. The van der Waals surface area contributed by atoms with Crippen molar-refractivity contribution in [3.63, 3.8) is 0 Å². The van der Waals surface area contributed by atoms with Crippen LogP contribution in [0.15, 0.2) is 24.3 Å². The molecule has 0 aromatic heterocycles. The predicted molar refractivity (Wildman–Crippen MR) is 79.7 cm³/mol. The molecule has 1 aliphatic rings. The molecular weight excluding hydrogens is 252 g/mol. The topological polar surface area (TPSA) is 49.4 Å². The Kier molecular flexibility index (Phi) is 5.16. The van der Waals surface area contributed by atoms with Crippen molar-refractivity contribution in [1.29, 1.82) is 0 Å². The molecule has 1 fully saturated rings. The Morgan fingerprint density at radius 2 is 1.85 bits per heavy atom. The molecule has 2 rings (SSSR count). The molecule has 1 heterocycles. The van der Waals surface area contributed by atoms with Crippen molar-refractivity contribution >= 4 is 17.5 Å². The van der Waals surface area contributed by atoms with Gasteiger partial charge in [-0.1, -0.05) is 19.1 Å². The molecule has 4 heteroatoms. The Morgan fingerprint density at radius 3 is 2.55 bits per heavy atom. The minimum absolute atomic E-state index is 0.0251. The number of nitrogens with one attached hydrogen (secondary N) is 1. The van der Waals surface area contributed by atoms with Crippen LogP contribution in [0.1, 0.15) is 49.4 Å². The van der Waals surface area contributed by atoms with Crippen LogP contribution in [0.5, 0.6) is 0 Å². The molecule has 0 atom stereocenters. The maximum absolute atomic E-state index is 12.5. The van der Waals surface area contributed by atoms with Gasteiger partial charge in [-0.25, -0.2) is 0 Å². The van der Waals surface area contributed by atoms with Crippen LogP contribution in [0.4, 0.5) is 5.69 Å². The number of benzene rings is 1. The number of amides is 2. The molecule has 0 aliphatic carbocycles. The minimum Gasteiger partial charge on any atom is -0.339 e. The van der Waals surface area contributed by atoms with Crippen LogP contribution in [-0.2, 0) is 4.79 Å². The Balaban J connectivity index is 2.14. The van der Waals surface area contributed by atoms with Crippen molar-refractivity contribution in [2.45, 2.75) is 39.0 Å². The molecule has 1 saturated heterocycles. The zero-order valence-electron chi connectivity index (χ0n) is 12.0. The van der Waals surface area contributed by atoms with Crippen LogP contribution in [0.25, 0.3) is 0 Å². The van der Waals surface area contributed by atoms with Gasteiger partial charge in [0.05, 0.1) is 11.3 Å². The van der Waals surface area contributed by atoms with E-state index in [4.69, 9.17) is 0 Å². The van der Waals surface area contributed by atoms with Gasteiger partial charge in [-0.2, -0.15) is 0 Å². The molecule has 1 aromatic rings. The molecule has 0 unspecified atom stereocenters. The Bertz CT molecular complexity index is 479. The molecule has 0 spiro atoms. The van der Waals surface area contributed by atoms with Gasteiger partial charge < -0.3 is 10.2 Å². The zero-order valence-corrected chi connectivity index (χ0v) is 12.0. The third-order valence-corrected chi connectivity index (χ3v) is 3.55. The van der Waals surface area contributed by atoms with Gasteiger partial charge in [0.25, 0.3) is 5.91 Å². The summed E-state index contributed by atoms with van der Waals surface area (Å²) in [6.07, 6.45) is 4.60. The first-order valence-corrected chi connectivity index (χ1v) is 7.40. The highest BCUT2D eigenvalue weighted by Crippen LogP contribution is 2.20. The van der Waals surface area contributed by atoms with E-state index in [-0.39, 0.29) is 11.8 Å². The van der Waals surface area contributed by atoms with Gasteiger partial charge >= 0.3 is 0 Å². The number of piperidine rings is 1. The van der Waals surface area contributed by atoms with Crippen LogP contribution < -0.4 is 5.32 Å². The lowest BCUT2D eigenvalue weighted by molar-refractivity contribution is -0.116. The Hall–Kier alpha value is -1.84. The van der Waals surface area contributed by atoms with Crippen molar-refractivity contribution in [2.24, 2.45) is 0 Å². The molecule has 1 aromatic carbocycles. The number of para-hydroxylation sites is 1. The summed E-state index contributed by atoms with van der Waals surface area (Å²) in [5.74, 6) is -0.0107. The number of carbonyl (C=O) groups is 2. The molecule has 1 N–H and O–H groups in total. The van der Waals surface area contributed by atoms with E-state index < -0.39 is 0 Å². The quantitative estimate of drug-likeness (QED) is 0.917. The molecule has 0 radical (unpaired) electrons. The van der Waals surface area contributed by atoms with Crippen molar-refractivity contribution in [3.8, 4) is 0 Å². The molecule has 20 heavy (non-hydrogen) atoms. The van der Waals surface area contributed by atoms with Crippen LogP contribution in [0.3, 0.4) is 0 Å². The van der Waals surface area contributed by atoms with Crippen LogP contribution in [0.2, 0.25) is 0 Å². The third kappa shape index (κ3) is 3.59. The maximum Gasteiger partial charge on any atom is 0.255 e. The van der Waals surface area contributed by atoms with Gasteiger partial charge in [0.15, 0.2) is 0 Å². The predicted octanol–water partition coefficient (Wildman–Crippen LogP) is 3.05. The van der Waals surface area contributed by atoms with Gasteiger partial charge in [-0.15, -0.1) is 0 Å². The van der Waals surface area contributed by atoms with Crippen LogP contribution >= 0.6 is 0 Å². The first-order chi connectivity index (χ1) is 9.72. The SMILES string of the molecule is CCCC(=O)Nc1ccccc1C(=O)N1CCCCC1. The van der Waals surface area contributed by atoms with Gasteiger partial charge in [0.1, 0.15) is 0 Å². The largest absolute Gasteiger partial charge is 0.339 e. The number of carbonyl (C=O) groups excluding carboxylic acids is 2. The van der Waals surface area contributed by atoms with E-state index in [1.165, 1.54) is 6.42 Å². The summed E-state index contributed by atoms with van der Waals surface area (Å²) in [4.78, 5) is 26.1. The second-order valence-electron chi connectivity index (χ2n) is 5.20. The lowest BCUT2D eigenvalue weighted by Crippen LogP contribution is -2.36. The molecule has 1 aliphatic heterocycles. The van der Waals surface area contributed by atoms with E-state index in [9.17, 15) is 9.59 Å². The summed E-state index contributed by atoms with van der Waals surface area (Å²) in [6.45, 7) is 3.59. The number of anilines is 1. The van der Waals surface area contributed by atoms with E-state index in [0.717, 1.165) is 32.4 Å². The van der Waals surface area contributed by atoms with Crippen molar-refractivity contribution in [2.75, 3.05) is 18.4 Å². The smallest absolute Gasteiger partial charge is 0.255 e. The average molecular weight is 274 g/mol. The molecule has 108 valence electrons. The van der Waals surface area contributed by atoms with Gasteiger partial charge in [0.2, 0.25) is 5.91 Å². The van der Waals surface area contributed by atoms with Gasteiger partial charge in [-0.3, -0.25) is 9.59 Å². The summed E-state index contributed by atoms with van der Waals surface area (Å²) >= 11 is 0. The Labute approximate surface area is 120 Å². The van der Waals surface area contributed by atoms with Crippen molar-refractivity contribution in [1.82, 2.24) is 4.90 Å². The first kappa shape index (κ1) is 14.6. The van der Waals surface area contributed by atoms with Gasteiger partial charge in [0, 0.05) is 19.5 Å². The highest BCUT2D eigenvalue weighted by atomic mass is 16.2. The number of likely N-dealkylation sites (tertiary alicyclic amines) is 1. The highest BCUT2D eigenvalue weighted by Gasteiger charge is 2.20. The number of hydrogen-bond donors (Lipinski definition) is 1. The first-order valence-electron chi connectivity index (χ1n) is 7.40. The summed E-state index contributed by atoms with van der Waals surface area (Å²) in [7, 11) is 0. The Morgan fingerprint density at radius 1 is 1.15 bits per heavy atom. The number of rotatable bonds is 4. The zero-order chi connectivity index (χ0) is 14.4. The van der Waals surface area contributed by atoms with E-state index >= 15 is 0 Å². The fourth-order valence-corrected chi connectivity index (χ4v) is 2.49. The second-order valence-corrected chi connectivity index (χ2v) is 5.20. The minimum atomic E-state index is -0.0357. The lowest BCUT2D eigenvalue weighted by atomic mass is 10.1. The number of nitrogens with zero attached hydrogens (tertiary/aromatic N) is 1. The summed E-state index contributed by atoms with van der Waals surface area (Å²) in [5, 5.41) is 2.85. The molecule has 0 bridgehead atoms. The van der Waals surface area contributed by atoms with Crippen LogP contribution in [0, 0.1) is 0 Å². The van der Waals surface area contributed by atoms with E-state index in [2.05, 4.69) is 5.32 Å². The molecule has 4 nitrogen and oxygen atoms in total. The average Bonchev–Trinajstić information content (AvgIpc) is 2.48. The lowest BCUT2D eigenvalue weighted by Gasteiger charge is -2.27. The van der Waals surface area contributed by atoms with E-state index in [0.29, 0.717) is 17.7 Å². The fourth-order valence-electron chi connectivity index (χ4n) is 2.49. The maximum atomic E-state index is 12.5. The second kappa shape index (κ2) is 7.08. The summed E-state index contributed by atoms with van der Waals surface area (Å²) < 4.78 is 0.